The van der Waals surface area contributed by atoms with Crippen LogP contribution in [0.2, 0.25) is 0 Å². The van der Waals surface area contributed by atoms with Crippen molar-refractivity contribution in [2.45, 2.75) is 11.8 Å². The molecule has 0 saturated carbocycles. The first-order valence-corrected chi connectivity index (χ1v) is 6.76. The van der Waals surface area contributed by atoms with Gasteiger partial charge < -0.3 is 5.73 Å². The summed E-state index contributed by atoms with van der Waals surface area (Å²) in [5, 5.41) is 0. The maximum absolute atomic E-state index is 12.1. The molecule has 0 fully saturated rings. The van der Waals surface area contributed by atoms with Gasteiger partial charge in [-0.2, -0.15) is 0 Å². The van der Waals surface area contributed by atoms with Gasteiger partial charge in [-0.05, 0) is 36.8 Å². The molecule has 18 heavy (non-hydrogen) atoms. The number of aryl methyl sites for hydroxylation is 1. The topological polar surface area (TPSA) is 85.1 Å². The molecule has 3 N–H and O–H groups in total. The second-order valence-electron chi connectivity index (χ2n) is 3.88. The standard InChI is InChI=1S/C12H13N3O2S/c1-9-2-3-12(11(13)8-9)18(16,17)15-10-4-6-14-7-5-10/h2-8H,13H2,1H3,(H,14,15). The highest BCUT2D eigenvalue weighted by Crippen LogP contribution is 2.22. The molecule has 1 heterocycles. The molecule has 0 atom stereocenters. The fraction of sp³-hybridized carbons (Fsp3) is 0.0833. The van der Waals surface area contributed by atoms with Gasteiger partial charge in [-0.1, -0.05) is 6.07 Å². The number of pyridine rings is 1. The molecule has 0 radical (unpaired) electrons. The van der Waals surface area contributed by atoms with E-state index in [0.717, 1.165) is 5.56 Å². The number of nitrogens with zero attached hydrogens (tertiary/aromatic N) is 1. The highest BCUT2D eigenvalue weighted by atomic mass is 32.2. The number of nitrogens with two attached hydrogens (primary N) is 1. The third kappa shape index (κ3) is 2.60. The van der Waals surface area contributed by atoms with Gasteiger partial charge in [0.25, 0.3) is 10.0 Å². The molecule has 0 aliphatic carbocycles. The Balaban J connectivity index is 2.37. The zero-order valence-corrected chi connectivity index (χ0v) is 10.6. The molecule has 6 heteroatoms. The molecule has 2 aromatic rings. The molecular weight excluding hydrogens is 250 g/mol. The van der Waals surface area contributed by atoms with Crippen molar-refractivity contribution in [1.29, 1.82) is 0 Å². The van der Waals surface area contributed by atoms with Crippen molar-refractivity contribution in [2.24, 2.45) is 0 Å². The van der Waals surface area contributed by atoms with Crippen LogP contribution in [-0.2, 0) is 10.0 Å². The normalized spacial score (nSPS) is 11.2. The molecule has 0 bridgehead atoms. The summed E-state index contributed by atoms with van der Waals surface area (Å²) >= 11 is 0. The minimum absolute atomic E-state index is 0.0740. The summed E-state index contributed by atoms with van der Waals surface area (Å²) in [6.07, 6.45) is 3.02. The number of benzene rings is 1. The molecule has 0 amide bonds. The van der Waals surface area contributed by atoms with E-state index >= 15 is 0 Å². The van der Waals surface area contributed by atoms with Crippen LogP contribution in [0.1, 0.15) is 5.56 Å². The Morgan fingerprint density at radius 3 is 2.44 bits per heavy atom. The third-order valence-electron chi connectivity index (χ3n) is 2.39. The first-order valence-electron chi connectivity index (χ1n) is 5.28. The van der Waals surface area contributed by atoms with Crippen LogP contribution in [0.15, 0.2) is 47.6 Å². The third-order valence-corrected chi connectivity index (χ3v) is 3.84. The Bertz CT molecular complexity index is 654. The van der Waals surface area contributed by atoms with Crippen LogP contribution in [0, 0.1) is 6.92 Å². The summed E-state index contributed by atoms with van der Waals surface area (Å²) in [4.78, 5) is 3.89. The molecule has 0 aliphatic heterocycles. The van der Waals surface area contributed by atoms with Crippen LogP contribution in [0.25, 0.3) is 0 Å². The Hall–Kier alpha value is -2.08. The summed E-state index contributed by atoms with van der Waals surface area (Å²) in [7, 11) is -3.66. The lowest BCUT2D eigenvalue weighted by Crippen LogP contribution is -2.14. The van der Waals surface area contributed by atoms with Gasteiger partial charge in [-0.3, -0.25) is 9.71 Å². The van der Waals surface area contributed by atoms with Crippen molar-refractivity contribution in [3.05, 3.63) is 48.3 Å². The van der Waals surface area contributed by atoms with Crippen molar-refractivity contribution in [3.63, 3.8) is 0 Å². The monoisotopic (exact) mass is 263 g/mol. The number of aromatic nitrogens is 1. The SMILES string of the molecule is Cc1ccc(S(=O)(=O)Nc2ccncc2)c(N)c1. The van der Waals surface area contributed by atoms with Gasteiger partial charge in [0.05, 0.1) is 11.4 Å². The highest BCUT2D eigenvalue weighted by Gasteiger charge is 2.17. The average molecular weight is 263 g/mol. The van der Waals surface area contributed by atoms with Gasteiger partial charge in [-0.15, -0.1) is 0 Å². The quantitative estimate of drug-likeness (QED) is 0.826. The summed E-state index contributed by atoms with van der Waals surface area (Å²) < 4.78 is 26.7. The van der Waals surface area contributed by atoms with Crippen LogP contribution < -0.4 is 10.5 Å². The van der Waals surface area contributed by atoms with Gasteiger partial charge in [0, 0.05) is 12.4 Å². The van der Waals surface area contributed by atoms with Gasteiger partial charge in [0.2, 0.25) is 0 Å². The summed E-state index contributed by atoms with van der Waals surface area (Å²) in [6.45, 7) is 1.85. The van der Waals surface area contributed by atoms with Crippen LogP contribution in [0.5, 0.6) is 0 Å². The Labute approximate surface area is 106 Å². The van der Waals surface area contributed by atoms with Crippen LogP contribution in [0.3, 0.4) is 0 Å². The lowest BCUT2D eigenvalue weighted by molar-refractivity contribution is 0.601. The van der Waals surface area contributed by atoms with E-state index in [1.807, 2.05) is 6.92 Å². The average Bonchev–Trinajstić information content (AvgIpc) is 2.29. The van der Waals surface area contributed by atoms with Crippen LogP contribution >= 0.6 is 0 Å². The van der Waals surface area contributed by atoms with Crippen molar-refractivity contribution in [3.8, 4) is 0 Å². The molecule has 1 aromatic heterocycles. The minimum atomic E-state index is -3.66. The van der Waals surface area contributed by atoms with Crippen LogP contribution in [0.4, 0.5) is 11.4 Å². The maximum Gasteiger partial charge on any atom is 0.263 e. The zero-order valence-electron chi connectivity index (χ0n) is 9.79. The van der Waals surface area contributed by atoms with E-state index in [4.69, 9.17) is 5.73 Å². The van der Waals surface area contributed by atoms with Crippen molar-refractivity contribution < 1.29 is 8.42 Å². The number of anilines is 2. The lowest BCUT2D eigenvalue weighted by Gasteiger charge is -2.10. The maximum atomic E-state index is 12.1. The van der Waals surface area contributed by atoms with Gasteiger partial charge in [0.1, 0.15) is 4.90 Å². The van der Waals surface area contributed by atoms with Gasteiger partial charge in [0.15, 0.2) is 0 Å². The number of rotatable bonds is 3. The Morgan fingerprint density at radius 2 is 1.83 bits per heavy atom. The fourth-order valence-electron chi connectivity index (χ4n) is 1.54. The van der Waals surface area contributed by atoms with Crippen molar-refractivity contribution >= 4 is 21.4 Å². The van der Waals surface area contributed by atoms with Crippen molar-refractivity contribution in [2.75, 3.05) is 10.5 Å². The van der Waals surface area contributed by atoms with E-state index < -0.39 is 10.0 Å². The second kappa shape index (κ2) is 4.66. The molecule has 0 unspecified atom stereocenters. The largest absolute Gasteiger partial charge is 0.398 e. The Kier molecular flexibility index (Phi) is 3.20. The lowest BCUT2D eigenvalue weighted by atomic mass is 10.2. The van der Waals surface area contributed by atoms with E-state index in [1.54, 1.807) is 24.3 Å². The first-order chi connectivity index (χ1) is 8.49. The van der Waals surface area contributed by atoms with E-state index in [2.05, 4.69) is 9.71 Å². The smallest absolute Gasteiger partial charge is 0.263 e. The number of sulfonamides is 1. The van der Waals surface area contributed by atoms with E-state index in [0.29, 0.717) is 5.69 Å². The summed E-state index contributed by atoms with van der Waals surface area (Å²) in [5.41, 5.74) is 7.32. The fourth-order valence-corrected chi connectivity index (χ4v) is 2.72. The van der Waals surface area contributed by atoms with Gasteiger partial charge in [-0.25, -0.2) is 8.42 Å². The molecule has 1 aromatic carbocycles. The molecule has 5 nitrogen and oxygen atoms in total. The number of nitrogens with one attached hydrogen (secondary N) is 1. The summed E-state index contributed by atoms with van der Waals surface area (Å²) in [5.74, 6) is 0. The molecule has 94 valence electrons. The van der Waals surface area contributed by atoms with E-state index in [1.165, 1.54) is 18.5 Å². The minimum Gasteiger partial charge on any atom is -0.398 e. The molecule has 2 rings (SSSR count). The number of nitrogen functional groups attached to an aromatic ring is 1. The summed E-state index contributed by atoms with van der Waals surface area (Å²) in [6, 6.07) is 7.97. The second-order valence-corrected chi connectivity index (χ2v) is 5.53. The molecule has 0 spiro atoms. The van der Waals surface area contributed by atoms with Crippen LogP contribution in [-0.4, -0.2) is 13.4 Å². The molecule has 0 saturated heterocycles. The molecule has 0 aliphatic rings. The van der Waals surface area contributed by atoms with E-state index in [-0.39, 0.29) is 10.6 Å². The number of hydrogen-bond donors (Lipinski definition) is 2. The molecular formula is C12H13N3O2S. The highest BCUT2D eigenvalue weighted by molar-refractivity contribution is 7.92. The van der Waals surface area contributed by atoms with Gasteiger partial charge >= 0.3 is 0 Å². The van der Waals surface area contributed by atoms with E-state index in [9.17, 15) is 8.42 Å². The van der Waals surface area contributed by atoms with Crippen molar-refractivity contribution in [1.82, 2.24) is 4.98 Å². The predicted molar refractivity (Wildman–Crippen MR) is 70.6 cm³/mol. The number of hydrogen-bond acceptors (Lipinski definition) is 4. The first kappa shape index (κ1) is 12.4. The zero-order chi connectivity index (χ0) is 13.2. The Morgan fingerprint density at radius 1 is 1.17 bits per heavy atom. The predicted octanol–water partition coefficient (Wildman–Crippen LogP) is 1.77.